The van der Waals surface area contributed by atoms with Crippen LogP contribution in [0.25, 0.3) is 0 Å². The summed E-state index contributed by atoms with van der Waals surface area (Å²) >= 11 is 0. The molecule has 8 heteroatoms. The quantitative estimate of drug-likeness (QED) is 0.643. The van der Waals surface area contributed by atoms with Gasteiger partial charge in [0.25, 0.3) is 0 Å². The second-order valence-corrected chi connectivity index (χ2v) is 10.2. The second-order valence-electron chi connectivity index (χ2n) is 7.99. The maximum atomic E-state index is 12.8. The lowest BCUT2D eigenvalue weighted by atomic mass is 9.93. The van der Waals surface area contributed by atoms with Gasteiger partial charge >= 0.3 is 0 Å². The summed E-state index contributed by atoms with van der Waals surface area (Å²) in [6.07, 6.45) is 6.86. The van der Waals surface area contributed by atoms with Gasteiger partial charge in [-0.2, -0.15) is 0 Å². The highest BCUT2D eigenvalue weighted by Crippen LogP contribution is 2.32. The molecular formula is C19H37N3O4S. The van der Waals surface area contributed by atoms with E-state index in [0.717, 1.165) is 38.7 Å². The predicted molar refractivity (Wildman–Crippen MR) is 106 cm³/mol. The van der Waals surface area contributed by atoms with E-state index in [4.69, 9.17) is 9.47 Å². The summed E-state index contributed by atoms with van der Waals surface area (Å²) < 4.78 is 39.2. The van der Waals surface area contributed by atoms with Gasteiger partial charge in [-0.3, -0.25) is 10.6 Å². The van der Waals surface area contributed by atoms with Gasteiger partial charge in [-0.15, -0.1) is 0 Å². The van der Waals surface area contributed by atoms with Crippen LogP contribution in [-0.2, 0) is 19.5 Å². The zero-order valence-corrected chi connectivity index (χ0v) is 17.8. The minimum absolute atomic E-state index is 0.116. The molecule has 2 N–H and O–H groups in total. The first-order valence-electron chi connectivity index (χ1n) is 10.8. The number of nitrogens with one attached hydrogen (secondary N) is 2. The number of fused-ring (bicyclic) bond motifs is 1. The monoisotopic (exact) mass is 403 g/mol. The molecule has 0 aromatic rings. The molecule has 158 valence electrons. The first-order valence-corrected chi connectivity index (χ1v) is 12.3. The Morgan fingerprint density at radius 2 is 1.78 bits per heavy atom. The molecule has 2 aliphatic carbocycles. The molecule has 1 heterocycles. The van der Waals surface area contributed by atoms with Gasteiger partial charge in [-0.25, -0.2) is 12.7 Å². The van der Waals surface area contributed by atoms with Crippen molar-refractivity contribution in [3.05, 3.63) is 0 Å². The highest BCUT2D eigenvalue weighted by molar-refractivity contribution is 7.89. The topological polar surface area (TPSA) is 79.9 Å². The van der Waals surface area contributed by atoms with Gasteiger partial charge in [-0.05, 0) is 51.9 Å². The van der Waals surface area contributed by atoms with E-state index in [1.54, 1.807) is 4.31 Å². The Morgan fingerprint density at radius 1 is 1.07 bits per heavy atom. The highest BCUT2D eigenvalue weighted by atomic mass is 32.2. The fourth-order valence-corrected chi connectivity index (χ4v) is 6.88. The number of rotatable bonds is 8. The Bertz CT molecular complexity index is 561. The van der Waals surface area contributed by atoms with E-state index in [2.05, 4.69) is 17.6 Å². The molecule has 4 atom stereocenters. The third kappa shape index (κ3) is 5.03. The summed E-state index contributed by atoms with van der Waals surface area (Å²) in [6, 6.07) is 0.556. The van der Waals surface area contributed by atoms with E-state index >= 15 is 0 Å². The molecule has 0 amide bonds. The smallest absolute Gasteiger partial charge is 0.217 e. The van der Waals surface area contributed by atoms with Gasteiger partial charge in [0.1, 0.15) is 0 Å². The third-order valence-corrected chi connectivity index (χ3v) is 8.87. The lowest BCUT2D eigenvalue weighted by molar-refractivity contribution is -0.0117. The zero-order chi connectivity index (χ0) is 19.4. The van der Waals surface area contributed by atoms with Gasteiger partial charge in [0.2, 0.25) is 10.0 Å². The van der Waals surface area contributed by atoms with E-state index in [0.29, 0.717) is 38.1 Å². The Labute approximate surface area is 164 Å². The Morgan fingerprint density at radius 3 is 2.41 bits per heavy atom. The van der Waals surface area contributed by atoms with Crippen molar-refractivity contribution in [2.45, 2.75) is 102 Å². The summed E-state index contributed by atoms with van der Waals surface area (Å²) in [5.41, 5.74) is 0. The van der Waals surface area contributed by atoms with Gasteiger partial charge in [0, 0.05) is 31.8 Å². The van der Waals surface area contributed by atoms with Crippen molar-refractivity contribution in [1.82, 2.24) is 14.9 Å². The Kier molecular flexibility index (Phi) is 7.55. The first kappa shape index (κ1) is 21.5. The molecule has 0 bridgehead atoms. The summed E-state index contributed by atoms with van der Waals surface area (Å²) in [5.74, 6) is 0. The van der Waals surface area contributed by atoms with Crippen LogP contribution in [-0.4, -0.2) is 68.3 Å². The van der Waals surface area contributed by atoms with Crippen molar-refractivity contribution in [3.63, 3.8) is 0 Å². The van der Waals surface area contributed by atoms with Crippen LogP contribution in [0.3, 0.4) is 0 Å². The molecule has 0 aromatic carbocycles. The fourth-order valence-electron chi connectivity index (χ4n) is 4.85. The predicted octanol–water partition coefficient (Wildman–Crippen LogP) is 1.79. The van der Waals surface area contributed by atoms with E-state index in [-0.39, 0.29) is 23.7 Å². The van der Waals surface area contributed by atoms with Crippen LogP contribution in [0.4, 0.5) is 0 Å². The van der Waals surface area contributed by atoms with Crippen molar-refractivity contribution < 1.29 is 17.9 Å². The zero-order valence-electron chi connectivity index (χ0n) is 17.0. The Balaban J connectivity index is 1.49. The van der Waals surface area contributed by atoms with Crippen LogP contribution < -0.4 is 10.6 Å². The largest absolute Gasteiger partial charge is 0.379 e. The van der Waals surface area contributed by atoms with E-state index < -0.39 is 10.0 Å². The number of sulfonamides is 1. The van der Waals surface area contributed by atoms with Crippen LogP contribution >= 0.6 is 0 Å². The molecule has 0 radical (unpaired) electrons. The number of hydrogen-bond donors (Lipinski definition) is 2. The fraction of sp³-hybridized carbons (Fsp3) is 1.00. The molecule has 4 unspecified atom stereocenters. The molecule has 0 aromatic heterocycles. The summed E-state index contributed by atoms with van der Waals surface area (Å²) in [5, 5.41) is 6.80. The third-order valence-electron chi connectivity index (χ3n) is 6.37. The molecule has 0 spiro atoms. The standard InChI is InChI=1S/C19H37N3O4S/c1-4-22(5-2)27(23,24)16-11-12-18-17(13-16)21-19(26-18)20-14-7-9-15(10-8-14)25-6-3/h14-21H,4-13H2,1-3H3. The van der Waals surface area contributed by atoms with Gasteiger partial charge < -0.3 is 9.47 Å². The minimum Gasteiger partial charge on any atom is -0.379 e. The van der Waals surface area contributed by atoms with Crippen molar-refractivity contribution in [2.75, 3.05) is 19.7 Å². The number of nitrogens with zero attached hydrogens (tertiary/aromatic N) is 1. The van der Waals surface area contributed by atoms with Gasteiger partial charge in [0.05, 0.1) is 17.5 Å². The van der Waals surface area contributed by atoms with Crippen molar-refractivity contribution in [2.24, 2.45) is 0 Å². The Hall–Kier alpha value is -0.250. The van der Waals surface area contributed by atoms with Crippen LogP contribution in [0.1, 0.15) is 65.7 Å². The summed E-state index contributed by atoms with van der Waals surface area (Å²) in [6.45, 7) is 7.74. The molecule has 3 rings (SSSR count). The number of ether oxygens (including phenoxy) is 2. The number of hydrogen-bond acceptors (Lipinski definition) is 6. The average molecular weight is 404 g/mol. The maximum absolute atomic E-state index is 12.8. The second kappa shape index (κ2) is 9.50. The van der Waals surface area contributed by atoms with Gasteiger partial charge in [-0.1, -0.05) is 13.8 Å². The highest BCUT2D eigenvalue weighted by Gasteiger charge is 2.44. The van der Waals surface area contributed by atoms with Crippen molar-refractivity contribution in [1.29, 1.82) is 0 Å². The molecule has 7 nitrogen and oxygen atoms in total. The maximum Gasteiger partial charge on any atom is 0.217 e. The lowest BCUT2D eigenvalue weighted by Crippen LogP contribution is -2.50. The van der Waals surface area contributed by atoms with Crippen molar-refractivity contribution >= 4 is 10.0 Å². The molecule has 27 heavy (non-hydrogen) atoms. The molecule has 1 aliphatic heterocycles. The van der Waals surface area contributed by atoms with Gasteiger partial charge in [0.15, 0.2) is 6.35 Å². The van der Waals surface area contributed by atoms with Crippen LogP contribution in [0.15, 0.2) is 0 Å². The minimum atomic E-state index is -3.22. The van der Waals surface area contributed by atoms with E-state index in [1.165, 1.54) is 0 Å². The molecule has 3 fully saturated rings. The normalized spacial score (nSPS) is 37.5. The van der Waals surface area contributed by atoms with Crippen molar-refractivity contribution in [3.8, 4) is 0 Å². The van der Waals surface area contributed by atoms with E-state index in [9.17, 15) is 8.42 Å². The summed E-state index contributed by atoms with van der Waals surface area (Å²) in [4.78, 5) is 0. The SMILES string of the molecule is CCOC1CCC(NC2NC3CC(S(=O)(=O)N(CC)CC)CCC3O2)CC1. The summed E-state index contributed by atoms with van der Waals surface area (Å²) in [7, 11) is -3.22. The molecule has 2 saturated carbocycles. The molecular weight excluding hydrogens is 366 g/mol. The molecule has 3 aliphatic rings. The first-order chi connectivity index (χ1) is 13.0. The van der Waals surface area contributed by atoms with E-state index in [1.807, 2.05) is 13.8 Å². The van der Waals surface area contributed by atoms with Crippen LogP contribution in [0, 0.1) is 0 Å². The lowest BCUT2D eigenvalue weighted by Gasteiger charge is -2.33. The molecule has 1 saturated heterocycles. The average Bonchev–Trinajstić information content (AvgIpc) is 3.05. The van der Waals surface area contributed by atoms with Crippen LogP contribution in [0.5, 0.6) is 0 Å². The van der Waals surface area contributed by atoms with Crippen LogP contribution in [0.2, 0.25) is 0 Å².